The van der Waals surface area contributed by atoms with E-state index in [2.05, 4.69) is 13.2 Å². The smallest absolute Gasteiger partial charge is 0.463 e. The minimum Gasteiger partial charge on any atom is -0.463 e. The molecular weight excluding hydrogens is 252 g/mol. The first-order valence-corrected chi connectivity index (χ1v) is 7.71. The highest BCUT2D eigenvalue weighted by Gasteiger charge is 2.38. The highest BCUT2D eigenvalue weighted by Crippen LogP contribution is 2.16. The summed E-state index contributed by atoms with van der Waals surface area (Å²) in [5.74, 6) is -0.426. The van der Waals surface area contributed by atoms with Crippen molar-refractivity contribution in [1.29, 1.82) is 0 Å². The molecule has 0 bridgehead atoms. The molecule has 0 amide bonds. The lowest BCUT2D eigenvalue weighted by molar-refractivity contribution is -0.137. The van der Waals surface area contributed by atoms with E-state index in [4.69, 9.17) is 18.0 Å². The van der Waals surface area contributed by atoms with Crippen molar-refractivity contribution in [3.63, 3.8) is 0 Å². The van der Waals surface area contributed by atoms with Crippen molar-refractivity contribution in [2.75, 3.05) is 27.4 Å². The highest BCUT2D eigenvalue weighted by molar-refractivity contribution is 6.60. The SMILES string of the molecule is C=CCCO[Si](CCCOC(=O)C=C)(OC)OC. The van der Waals surface area contributed by atoms with Crippen LogP contribution in [-0.4, -0.2) is 42.2 Å². The van der Waals surface area contributed by atoms with Gasteiger partial charge < -0.3 is 18.0 Å². The predicted molar refractivity (Wildman–Crippen MR) is 71.1 cm³/mol. The fourth-order valence-electron chi connectivity index (χ4n) is 1.30. The normalized spacial score (nSPS) is 11.0. The Morgan fingerprint density at radius 2 is 1.89 bits per heavy atom. The molecule has 0 aliphatic heterocycles. The molecule has 18 heavy (non-hydrogen) atoms. The van der Waals surface area contributed by atoms with Crippen molar-refractivity contribution < 1.29 is 22.8 Å². The molecule has 0 aromatic heterocycles. The number of esters is 1. The van der Waals surface area contributed by atoms with Crippen LogP contribution in [0.25, 0.3) is 0 Å². The van der Waals surface area contributed by atoms with Crippen LogP contribution in [0.3, 0.4) is 0 Å². The maximum Gasteiger partial charge on any atom is 0.500 e. The van der Waals surface area contributed by atoms with Gasteiger partial charge in [-0.25, -0.2) is 4.79 Å². The monoisotopic (exact) mass is 274 g/mol. The molecule has 0 aromatic carbocycles. The quantitative estimate of drug-likeness (QED) is 0.189. The van der Waals surface area contributed by atoms with Gasteiger partial charge in [0.15, 0.2) is 0 Å². The topological polar surface area (TPSA) is 54.0 Å². The van der Waals surface area contributed by atoms with Gasteiger partial charge in [-0.05, 0) is 12.8 Å². The van der Waals surface area contributed by atoms with Crippen LogP contribution in [0, 0.1) is 0 Å². The Balaban J connectivity index is 4.04. The van der Waals surface area contributed by atoms with Crippen LogP contribution in [0.2, 0.25) is 6.04 Å². The molecule has 104 valence electrons. The van der Waals surface area contributed by atoms with Crippen LogP contribution in [0.15, 0.2) is 25.3 Å². The molecule has 0 aliphatic carbocycles. The summed E-state index contributed by atoms with van der Waals surface area (Å²) in [7, 11) is 0.510. The Morgan fingerprint density at radius 1 is 1.22 bits per heavy atom. The van der Waals surface area contributed by atoms with Crippen molar-refractivity contribution in [3.05, 3.63) is 25.3 Å². The van der Waals surface area contributed by atoms with Crippen molar-refractivity contribution in [1.82, 2.24) is 0 Å². The number of hydrogen-bond acceptors (Lipinski definition) is 5. The molecule has 0 aromatic rings. The second-order valence-corrected chi connectivity index (χ2v) is 6.46. The van der Waals surface area contributed by atoms with E-state index in [0.29, 0.717) is 25.7 Å². The maximum absolute atomic E-state index is 10.9. The first-order valence-electron chi connectivity index (χ1n) is 5.78. The summed E-state index contributed by atoms with van der Waals surface area (Å²) < 4.78 is 21.3. The third-order valence-corrected chi connectivity index (χ3v) is 5.16. The summed E-state index contributed by atoms with van der Waals surface area (Å²) in [6.45, 7) is 7.76. The molecule has 0 radical (unpaired) electrons. The van der Waals surface area contributed by atoms with Gasteiger partial charge in [0.2, 0.25) is 0 Å². The standard InChI is InChI=1S/C12H22O5Si/c1-5-7-10-17-18(14-3,15-4)11-8-9-16-12(13)6-2/h5-6H,1-2,7-11H2,3-4H3. The predicted octanol–water partition coefficient (Wildman–Crippen LogP) is 1.93. The molecule has 0 atom stereocenters. The minimum atomic E-state index is -2.63. The molecule has 0 spiro atoms. The lowest BCUT2D eigenvalue weighted by Crippen LogP contribution is -2.44. The molecule has 0 N–H and O–H groups in total. The van der Waals surface area contributed by atoms with E-state index in [9.17, 15) is 4.79 Å². The van der Waals surface area contributed by atoms with E-state index in [0.717, 1.165) is 12.5 Å². The molecular formula is C12H22O5Si. The van der Waals surface area contributed by atoms with Crippen molar-refractivity contribution in [2.24, 2.45) is 0 Å². The highest BCUT2D eigenvalue weighted by atomic mass is 28.4. The Bertz CT molecular complexity index is 263. The van der Waals surface area contributed by atoms with Crippen LogP contribution >= 0.6 is 0 Å². The Morgan fingerprint density at radius 3 is 2.39 bits per heavy atom. The van der Waals surface area contributed by atoms with Crippen LogP contribution in [0.4, 0.5) is 0 Å². The Labute approximate surface area is 110 Å². The molecule has 0 heterocycles. The number of carbonyl (C=O) groups excluding carboxylic acids is 1. The van der Waals surface area contributed by atoms with E-state index in [1.807, 2.05) is 0 Å². The zero-order chi connectivity index (χ0) is 13.9. The zero-order valence-corrected chi connectivity index (χ0v) is 12.1. The molecule has 0 unspecified atom stereocenters. The molecule has 0 saturated heterocycles. The van der Waals surface area contributed by atoms with Gasteiger partial charge in [-0.1, -0.05) is 12.7 Å². The molecule has 0 fully saturated rings. The number of carbonyl (C=O) groups is 1. The van der Waals surface area contributed by atoms with Gasteiger partial charge in [-0.15, -0.1) is 6.58 Å². The van der Waals surface area contributed by atoms with E-state index in [1.54, 1.807) is 20.3 Å². The number of hydrogen-bond donors (Lipinski definition) is 0. The summed E-state index contributed by atoms with van der Waals surface area (Å²) in [5, 5.41) is 0. The van der Waals surface area contributed by atoms with Crippen molar-refractivity contribution in [2.45, 2.75) is 18.9 Å². The second kappa shape index (κ2) is 10.0. The summed E-state index contributed by atoms with van der Waals surface area (Å²) >= 11 is 0. The van der Waals surface area contributed by atoms with Gasteiger partial charge in [-0.2, -0.15) is 0 Å². The van der Waals surface area contributed by atoms with Gasteiger partial charge in [0.05, 0.1) is 6.61 Å². The van der Waals surface area contributed by atoms with Crippen molar-refractivity contribution in [3.8, 4) is 0 Å². The lowest BCUT2D eigenvalue weighted by atomic mass is 10.5. The molecule has 5 nitrogen and oxygen atoms in total. The van der Waals surface area contributed by atoms with Crippen molar-refractivity contribution >= 4 is 14.8 Å². The van der Waals surface area contributed by atoms with Gasteiger partial charge in [0, 0.05) is 32.9 Å². The Kier molecular flexibility index (Phi) is 9.48. The summed E-state index contributed by atoms with van der Waals surface area (Å²) in [6.07, 6.45) is 4.28. The van der Waals surface area contributed by atoms with Gasteiger partial charge in [0.1, 0.15) is 0 Å². The molecule has 0 aliphatic rings. The minimum absolute atomic E-state index is 0.303. The van der Waals surface area contributed by atoms with Crippen LogP contribution in [-0.2, 0) is 22.8 Å². The average Bonchev–Trinajstić information content (AvgIpc) is 2.41. The number of rotatable bonds is 11. The zero-order valence-electron chi connectivity index (χ0n) is 11.1. The molecule has 6 heteroatoms. The first kappa shape index (κ1) is 17.0. The Hall–Kier alpha value is -0.953. The van der Waals surface area contributed by atoms with Crippen LogP contribution in [0.5, 0.6) is 0 Å². The largest absolute Gasteiger partial charge is 0.500 e. The van der Waals surface area contributed by atoms with E-state index in [1.165, 1.54) is 0 Å². The van der Waals surface area contributed by atoms with Gasteiger partial charge in [0.25, 0.3) is 0 Å². The third kappa shape index (κ3) is 6.70. The van der Waals surface area contributed by atoms with E-state index in [-0.39, 0.29) is 0 Å². The average molecular weight is 274 g/mol. The molecule has 0 rings (SSSR count). The van der Waals surface area contributed by atoms with E-state index >= 15 is 0 Å². The molecule has 0 saturated carbocycles. The number of ether oxygens (including phenoxy) is 1. The summed E-state index contributed by atoms with van der Waals surface area (Å²) in [5.41, 5.74) is 0. The fourth-order valence-corrected chi connectivity index (χ4v) is 3.26. The fraction of sp³-hybridized carbons (Fsp3) is 0.583. The van der Waals surface area contributed by atoms with Gasteiger partial charge >= 0.3 is 14.8 Å². The summed E-state index contributed by atoms with van der Waals surface area (Å²) in [4.78, 5) is 10.9. The second-order valence-electron chi connectivity index (χ2n) is 3.49. The van der Waals surface area contributed by atoms with E-state index < -0.39 is 14.8 Å². The lowest BCUT2D eigenvalue weighted by Gasteiger charge is -2.26. The van der Waals surface area contributed by atoms with Gasteiger partial charge in [-0.3, -0.25) is 0 Å². The van der Waals surface area contributed by atoms with Crippen LogP contribution < -0.4 is 0 Å². The maximum atomic E-state index is 10.9. The third-order valence-electron chi connectivity index (χ3n) is 2.30. The first-order chi connectivity index (χ1) is 8.64. The van der Waals surface area contributed by atoms with Crippen LogP contribution in [0.1, 0.15) is 12.8 Å². The summed E-state index contributed by atoms with van der Waals surface area (Å²) in [6, 6.07) is 0.599.